The zero-order valence-corrected chi connectivity index (χ0v) is 5.41. The Hall–Kier alpha value is 0. The molecule has 0 aromatic carbocycles. The fourth-order valence-electron chi connectivity index (χ4n) is 0.612. The molecule has 0 saturated carbocycles. The Morgan fingerprint density at radius 1 is 1.43 bits per heavy atom. The first-order valence-corrected chi connectivity index (χ1v) is 3.14. The molecule has 1 unspecified atom stereocenters. The van der Waals surface area contributed by atoms with Gasteiger partial charge in [-0.1, -0.05) is 40.0 Å². The zero-order valence-electron chi connectivity index (χ0n) is 5.41. The molecule has 0 fully saturated rings. The van der Waals surface area contributed by atoms with Crippen LogP contribution in [0.2, 0.25) is 0 Å². The minimum Gasteiger partial charge on any atom is -0.0654 e. The van der Waals surface area contributed by atoms with Crippen LogP contribution in [0.4, 0.5) is 0 Å². The molecule has 0 saturated heterocycles. The molecule has 1 atom stereocenters. The Morgan fingerprint density at radius 2 is 2.00 bits per heavy atom. The molecule has 0 aromatic heterocycles. The summed E-state index contributed by atoms with van der Waals surface area (Å²) in [5, 5.41) is 0. The number of hydrogen-bond donors (Lipinski definition) is 0. The maximum atomic E-state index is 3.95. The molecule has 0 aliphatic carbocycles. The van der Waals surface area contributed by atoms with Crippen molar-refractivity contribution in [3.8, 4) is 0 Å². The summed E-state index contributed by atoms with van der Waals surface area (Å²) in [5.74, 6) is 0.699. The van der Waals surface area contributed by atoms with Crippen molar-refractivity contribution in [3.63, 3.8) is 0 Å². The first kappa shape index (κ1) is 7.00. The summed E-state index contributed by atoms with van der Waals surface area (Å²) < 4.78 is 0. The van der Waals surface area contributed by atoms with Crippen LogP contribution >= 0.6 is 0 Å². The van der Waals surface area contributed by atoms with E-state index in [4.69, 9.17) is 0 Å². The summed E-state index contributed by atoms with van der Waals surface area (Å²) in [7, 11) is 0. The average Bonchev–Trinajstić information content (AvgIpc) is 1.68. The Kier molecular flexibility index (Phi) is 4.17. The van der Waals surface area contributed by atoms with Gasteiger partial charge in [0.05, 0.1) is 0 Å². The molecule has 0 aromatic rings. The largest absolute Gasteiger partial charge is 0.0654 e. The lowest BCUT2D eigenvalue weighted by atomic mass is 10.0. The van der Waals surface area contributed by atoms with E-state index in [2.05, 4.69) is 20.8 Å². The van der Waals surface area contributed by atoms with E-state index in [1.807, 2.05) is 0 Å². The summed E-state index contributed by atoms with van der Waals surface area (Å²) in [5.41, 5.74) is 0. The lowest BCUT2D eigenvalue weighted by Gasteiger charge is -2.02. The van der Waals surface area contributed by atoms with Gasteiger partial charge in [-0.05, 0) is 5.92 Å². The third-order valence-electron chi connectivity index (χ3n) is 1.27. The fourth-order valence-corrected chi connectivity index (χ4v) is 0.612. The van der Waals surface area contributed by atoms with Crippen LogP contribution in [0, 0.1) is 12.8 Å². The predicted molar refractivity (Wildman–Crippen MR) is 34.0 cm³/mol. The highest BCUT2D eigenvalue weighted by molar-refractivity contribution is 4.55. The normalized spacial score (nSPS) is 14.1. The third kappa shape index (κ3) is 3.84. The van der Waals surface area contributed by atoms with Crippen LogP contribution in [0.3, 0.4) is 0 Å². The molecular formula is C7H15. The zero-order chi connectivity index (χ0) is 5.70. The minimum absolute atomic E-state index is 0.699. The monoisotopic (exact) mass is 99.1 g/mol. The van der Waals surface area contributed by atoms with Gasteiger partial charge in [0, 0.05) is 0 Å². The van der Waals surface area contributed by atoms with Crippen molar-refractivity contribution < 1.29 is 0 Å². The summed E-state index contributed by atoms with van der Waals surface area (Å²) in [6.45, 7) is 8.34. The first-order valence-electron chi connectivity index (χ1n) is 3.14. The first-order chi connectivity index (χ1) is 3.31. The fraction of sp³-hybridized carbons (Fsp3) is 0.857. The molecule has 43 valence electrons. The second-order valence-corrected chi connectivity index (χ2v) is 2.06. The molecule has 0 N–H and O–H groups in total. The van der Waals surface area contributed by atoms with Gasteiger partial charge >= 0.3 is 0 Å². The lowest BCUT2D eigenvalue weighted by Crippen LogP contribution is -1.88. The maximum Gasteiger partial charge on any atom is -0.0417 e. The van der Waals surface area contributed by atoms with Gasteiger partial charge in [0.25, 0.3) is 0 Å². The molecular weight excluding hydrogens is 84.1 g/mol. The second-order valence-electron chi connectivity index (χ2n) is 2.06. The standard InChI is InChI=1S/C7H15/c1-4-6-7(3)5-2/h7H,3-6H2,1-2H3. The van der Waals surface area contributed by atoms with Crippen molar-refractivity contribution in [2.75, 3.05) is 0 Å². The van der Waals surface area contributed by atoms with E-state index in [9.17, 15) is 0 Å². The highest BCUT2D eigenvalue weighted by Crippen LogP contribution is 2.06. The second kappa shape index (κ2) is 4.17. The quantitative estimate of drug-likeness (QED) is 0.510. The van der Waals surface area contributed by atoms with Gasteiger partial charge in [-0.15, -0.1) is 0 Å². The molecule has 0 nitrogen and oxygen atoms in total. The van der Waals surface area contributed by atoms with E-state index < -0.39 is 0 Å². The summed E-state index contributed by atoms with van der Waals surface area (Å²) >= 11 is 0. The molecule has 1 radical (unpaired) electrons. The van der Waals surface area contributed by atoms with E-state index in [1.165, 1.54) is 19.3 Å². The molecule has 0 rings (SSSR count). The van der Waals surface area contributed by atoms with Crippen LogP contribution < -0.4 is 0 Å². The summed E-state index contributed by atoms with van der Waals surface area (Å²) in [6.07, 6.45) is 3.80. The average molecular weight is 99.2 g/mol. The van der Waals surface area contributed by atoms with Crippen molar-refractivity contribution in [1.29, 1.82) is 0 Å². The minimum atomic E-state index is 0.699. The van der Waals surface area contributed by atoms with Crippen molar-refractivity contribution >= 4 is 0 Å². The van der Waals surface area contributed by atoms with Crippen LogP contribution in [0.25, 0.3) is 0 Å². The van der Waals surface area contributed by atoms with Crippen molar-refractivity contribution in [3.05, 3.63) is 6.92 Å². The summed E-state index contributed by atoms with van der Waals surface area (Å²) in [6, 6.07) is 0. The van der Waals surface area contributed by atoms with Crippen LogP contribution in [-0.4, -0.2) is 0 Å². The van der Waals surface area contributed by atoms with Gasteiger partial charge in [0.15, 0.2) is 0 Å². The van der Waals surface area contributed by atoms with Gasteiger partial charge < -0.3 is 0 Å². The van der Waals surface area contributed by atoms with Crippen molar-refractivity contribution in [2.45, 2.75) is 33.1 Å². The molecule has 0 heteroatoms. The highest BCUT2D eigenvalue weighted by atomic mass is 14.0. The molecule has 0 aliphatic rings. The molecule has 0 amide bonds. The molecule has 0 bridgehead atoms. The smallest absolute Gasteiger partial charge is 0.0417 e. The molecule has 0 spiro atoms. The Bertz CT molecular complexity index is 31.0. The van der Waals surface area contributed by atoms with E-state index in [1.54, 1.807) is 0 Å². The predicted octanol–water partition coefficient (Wildman–Crippen LogP) is 2.65. The Morgan fingerprint density at radius 3 is 2.14 bits per heavy atom. The van der Waals surface area contributed by atoms with E-state index in [-0.39, 0.29) is 0 Å². The van der Waals surface area contributed by atoms with Gasteiger partial charge in [-0.3, -0.25) is 0 Å². The van der Waals surface area contributed by atoms with Gasteiger partial charge in [0.1, 0.15) is 0 Å². The maximum absolute atomic E-state index is 3.95. The van der Waals surface area contributed by atoms with E-state index in [0.717, 1.165) is 0 Å². The van der Waals surface area contributed by atoms with Crippen molar-refractivity contribution in [2.24, 2.45) is 5.92 Å². The third-order valence-corrected chi connectivity index (χ3v) is 1.27. The molecule has 0 heterocycles. The van der Waals surface area contributed by atoms with Crippen LogP contribution in [0.5, 0.6) is 0 Å². The van der Waals surface area contributed by atoms with Crippen LogP contribution in [0.1, 0.15) is 33.1 Å². The molecule has 0 aliphatic heterocycles. The number of hydrogen-bond acceptors (Lipinski definition) is 0. The van der Waals surface area contributed by atoms with Gasteiger partial charge in [-0.25, -0.2) is 0 Å². The van der Waals surface area contributed by atoms with Gasteiger partial charge in [-0.2, -0.15) is 0 Å². The highest BCUT2D eigenvalue weighted by Gasteiger charge is 1.92. The molecule has 7 heavy (non-hydrogen) atoms. The van der Waals surface area contributed by atoms with E-state index >= 15 is 0 Å². The Labute approximate surface area is 46.9 Å². The van der Waals surface area contributed by atoms with Crippen LogP contribution in [-0.2, 0) is 0 Å². The SMILES string of the molecule is [CH2]C(CC)CCC. The van der Waals surface area contributed by atoms with Crippen molar-refractivity contribution in [1.82, 2.24) is 0 Å². The number of rotatable bonds is 3. The van der Waals surface area contributed by atoms with E-state index in [0.29, 0.717) is 5.92 Å². The van der Waals surface area contributed by atoms with Gasteiger partial charge in [0.2, 0.25) is 0 Å². The Balaban J connectivity index is 2.83. The topological polar surface area (TPSA) is 0 Å². The summed E-state index contributed by atoms with van der Waals surface area (Å²) in [4.78, 5) is 0. The lowest BCUT2D eigenvalue weighted by molar-refractivity contribution is 0.559. The van der Waals surface area contributed by atoms with Crippen LogP contribution in [0.15, 0.2) is 0 Å².